The molecule has 1 fully saturated rings. The van der Waals surface area contributed by atoms with Gasteiger partial charge in [-0.3, -0.25) is 4.79 Å². The molecule has 0 radical (unpaired) electrons. The van der Waals surface area contributed by atoms with Gasteiger partial charge in [0.05, 0.1) is 28.7 Å². The molecule has 0 spiro atoms. The third kappa shape index (κ3) is 4.08. The highest BCUT2D eigenvalue weighted by Crippen LogP contribution is 2.30. The van der Waals surface area contributed by atoms with Crippen molar-refractivity contribution in [3.63, 3.8) is 0 Å². The molecule has 2 aromatic rings. The first-order valence-electron chi connectivity index (χ1n) is 9.98. The maximum Gasteiger partial charge on any atom is 0.255 e. The number of aryl methyl sites for hydroxylation is 1. The van der Waals surface area contributed by atoms with Crippen LogP contribution in [0.15, 0.2) is 24.3 Å². The number of hydrogen-bond acceptors (Lipinski definition) is 3. The van der Waals surface area contributed by atoms with E-state index in [1.165, 1.54) is 0 Å². The number of hydrogen-bond donors (Lipinski definition) is 1. The van der Waals surface area contributed by atoms with Crippen LogP contribution in [0.4, 0.5) is 0 Å². The zero-order valence-electron chi connectivity index (χ0n) is 17.1. The Labute approximate surface area is 162 Å². The van der Waals surface area contributed by atoms with Crippen molar-refractivity contribution in [1.29, 1.82) is 0 Å². The minimum Gasteiger partial charge on any atom is -0.376 e. The SMILES string of the molecule is Cc1ccccc1-n1nc(C(C)C)c(C(=O)NC[C@@H]2CCCO2)c1C(C)C. The molecule has 1 atom stereocenters. The topological polar surface area (TPSA) is 56.2 Å². The van der Waals surface area contributed by atoms with Gasteiger partial charge in [-0.15, -0.1) is 0 Å². The highest BCUT2D eigenvalue weighted by molar-refractivity contribution is 5.97. The van der Waals surface area contributed by atoms with Gasteiger partial charge in [-0.05, 0) is 43.2 Å². The van der Waals surface area contributed by atoms with E-state index in [9.17, 15) is 4.79 Å². The molecule has 146 valence electrons. The van der Waals surface area contributed by atoms with E-state index in [1.54, 1.807) is 0 Å². The quantitative estimate of drug-likeness (QED) is 0.824. The zero-order chi connectivity index (χ0) is 19.6. The molecule has 3 rings (SSSR count). The van der Waals surface area contributed by atoms with Crippen molar-refractivity contribution in [2.24, 2.45) is 0 Å². The number of benzene rings is 1. The molecule has 1 amide bonds. The predicted octanol–water partition coefficient (Wildman–Crippen LogP) is 4.34. The molecule has 1 saturated heterocycles. The van der Waals surface area contributed by atoms with Crippen LogP contribution in [0.3, 0.4) is 0 Å². The summed E-state index contributed by atoms with van der Waals surface area (Å²) in [6.07, 6.45) is 2.21. The molecule has 2 heterocycles. The van der Waals surface area contributed by atoms with Crippen LogP contribution in [0.2, 0.25) is 0 Å². The summed E-state index contributed by atoms with van der Waals surface area (Å²) in [5.41, 5.74) is 4.72. The summed E-state index contributed by atoms with van der Waals surface area (Å²) >= 11 is 0. The Kier molecular flexibility index (Phi) is 6.00. The molecule has 1 aromatic heterocycles. The molecule has 27 heavy (non-hydrogen) atoms. The van der Waals surface area contributed by atoms with Gasteiger partial charge in [-0.2, -0.15) is 5.10 Å². The van der Waals surface area contributed by atoms with Crippen LogP contribution in [0.5, 0.6) is 0 Å². The van der Waals surface area contributed by atoms with Crippen LogP contribution in [0.1, 0.15) is 79.7 Å². The molecular weight excluding hydrogens is 338 g/mol. The van der Waals surface area contributed by atoms with Crippen LogP contribution >= 0.6 is 0 Å². The van der Waals surface area contributed by atoms with Gasteiger partial charge in [0.1, 0.15) is 0 Å². The predicted molar refractivity (Wildman–Crippen MR) is 108 cm³/mol. The van der Waals surface area contributed by atoms with Crippen molar-refractivity contribution >= 4 is 5.91 Å². The Morgan fingerprint density at radius 3 is 2.59 bits per heavy atom. The summed E-state index contributed by atoms with van der Waals surface area (Å²) in [4.78, 5) is 13.2. The average molecular weight is 370 g/mol. The van der Waals surface area contributed by atoms with E-state index < -0.39 is 0 Å². The first-order valence-corrected chi connectivity index (χ1v) is 9.98. The van der Waals surface area contributed by atoms with Gasteiger partial charge >= 0.3 is 0 Å². The van der Waals surface area contributed by atoms with E-state index in [2.05, 4.69) is 52.1 Å². The van der Waals surface area contributed by atoms with Crippen LogP contribution in [0, 0.1) is 6.92 Å². The van der Waals surface area contributed by atoms with Crippen LogP contribution < -0.4 is 5.32 Å². The Hall–Kier alpha value is -2.14. The monoisotopic (exact) mass is 369 g/mol. The number of rotatable bonds is 6. The van der Waals surface area contributed by atoms with Gasteiger partial charge in [0.15, 0.2) is 0 Å². The third-order valence-electron chi connectivity index (χ3n) is 5.13. The number of amides is 1. The van der Waals surface area contributed by atoms with Crippen molar-refractivity contribution in [2.75, 3.05) is 13.2 Å². The maximum atomic E-state index is 13.2. The normalized spacial score (nSPS) is 17.1. The molecular formula is C22H31N3O2. The number of nitrogens with zero attached hydrogens (tertiary/aromatic N) is 2. The number of ether oxygens (including phenoxy) is 1. The molecule has 1 aliphatic rings. The summed E-state index contributed by atoms with van der Waals surface area (Å²) in [6, 6.07) is 8.18. The van der Waals surface area contributed by atoms with Gasteiger partial charge in [-0.1, -0.05) is 45.9 Å². The number of aromatic nitrogens is 2. The summed E-state index contributed by atoms with van der Waals surface area (Å²) in [7, 11) is 0. The number of carbonyl (C=O) groups is 1. The Morgan fingerprint density at radius 1 is 1.26 bits per heavy atom. The zero-order valence-corrected chi connectivity index (χ0v) is 17.1. The second-order valence-corrected chi connectivity index (χ2v) is 8.00. The Balaban J connectivity index is 2.03. The fourth-order valence-corrected chi connectivity index (χ4v) is 3.70. The molecule has 5 heteroatoms. The van der Waals surface area contributed by atoms with Crippen molar-refractivity contribution in [3.05, 3.63) is 46.8 Å². The maximum absolute atomic E-state index is 13.2. The first kappa shape index (κ1) is 19.6. The highest BCUT2D eigenvalue weighted by atomic mass is 16.5. The fourth-order valence-electron chi connectivity index (χ4n) is 3.70. The lowest BCUT2D eigenvalue weighted by molar-refractivity contribution is 0.0855. The van der Waals surface area contributed by atoms with E-state index in [-0.39, 0.29) is 23.8 Å². The van der Waals surface area contributed by atoms with Gasteiger partial charge in [-0.25, -0.2) is 4.68 Å². The number of carbonyl (C=O) groups excluding carboxylic acids is 1. The molecule has 0 saturated carbocycles. The van der Waals surface area contributed by atoms with Crippen molar-refractivity contribution < 1.29 is 9.53 Å². The van der Waals surface area contributed by atoms with Gasteiger partial charge in [0, 0.05) is 13.2 Å². The van der Waals surface area contributed by atoms with Gasteiger partial charge < -0.3 is 10.1 Å². The number of para-hydroxylation sites is 1. The second kappa shape index (κ2) is 8.26. The summed E-state index contributed by atoms with van der Waals surface area (Å²) in [5.74, 6) is 0.294. The van der Waals surface area contributed by atoms with Crippen LogP contribution in [0.25, 0.3) is 5.69 Å². The van der Waals surface area contributed by atoms with E-state index in [4.69, 9.17) is 9.84 Å². The van der Waals surface area contributed by atoms with Crippen LogP contribution in [-0.4, -0.2) is 34.9 Å². The molecule has 0 unspecified atom stereocenters. The third-order valence-corrected chi connectivity index (χ3v) is 5.13. The summed E-state index contributed by atoms with van der Waals surface area (Å²) in [5, 5.41) is 7.98. The molecule has 0 bridgehead atoms. The Bertz CT molecular complexity index is 802. The minimum atomic E-state index is -0.0438. The lowest BCUT2D eigenvalue weighted by atomic mass is 9.97. The Morgan fingerprint density at radius 2 is 2.00 bits per heavy atom. The molecule has 1 aliphatic heterocycles. The summed E-state index contributed by atoms with van der Waals surface area (Å²) < 4.78 is 7.62. The van der Waals surface area contributed by atoms with Crippen LogP contribution in [-0.2, 0) is 4.74 Å². The van der Waals surface area contributed by atoms with E-state index in [0.29, 0.717) is 6.54 Å². The van der Waals surface area contributed by atoms with Crippen molar-refractivity contribution in [2.45, 2.75) is 65.4 Å². The smallest absolute Gasteiger partial charge is 0.255 e. The van der Waals surface area contributed by atoms with E-state index in [0.717, 1.165) is 47.7 Å². The molecule has 5 nitrogen and oxygen atoms in total. The molecule has 1 N–H and O–H groups in total. The molecule has 0 aliphatic carbocycles. The van der Waals surface area contributed by atoms with Gasteiger partial charge in [0.25, 0.3) is 5.91 Å². The minimum absolute atomic E-state index is 0.0438. The number of nitrogens with one attached hydrogen (secondary N) is 1. The van der Waals surface area contributed by atoms with E-state index >= 15 is 0 Å². The van der Waals surface area contributed by atoms with Gasteiger partial charge in [0.2, 0.25) is 0 Å². The fraction of sp³-hybridized carbons (Fsp3) is 0.545. The largest absolute Gasteiger partial charge is 0.376 e. The van der Waals surface area contributed by atoms with Crippen molar-refractivity contribution in [3.8, 4) is 5.69 Å². The standard InChI is InChI=1S/C22H31N3O2/c1-14(2)20-19(22(26)23-13-17-10-8-12-27-17)21(15(3)4)25(24-20)18-11-7-6-9-16(18)5/h6-7,9,11,14-15,17H,8,10,12-13H2,1-5H3,(H,23,26)/t17-/m0/s1. The summed E-state index contributed by atoms with van der Waals surface area (Å²) in [6.45, 7) is 11.8. The highest BCUT2D eigenvalue weighted by Gasteiger charge is 2.28. The second-order valence-electron chi connectivity index (χ2n) is 8.00. The van der Waals surface area contributed by atoms with E-state index in [1.807, 2.05) is 16.8 Å². The molecule has 1 aromatic carbocycles. The first-order chi connectivity index (χ1) is 12.9. The lowest BCUT2D eigenvalue weighted by Crippen LogP contribution is -2.33. The average Bonchev–Trinajstić information content (AvgIpc) is 3.27. The lowest BCUT2D eigenvalue weighted by Gasteiger charge is -2.16. The van der Waals surface area contributed by atoms with Crippen molar-refractivity contribution in [1.82, 2.24) is 15.1 Å².